The highest BCUT2D eigenvalue weighted by molar-refractivity contribution is 5.55. The molecule has 0 amide bonds. The van der Waals surface area contributed by atoms with Gasteiger partial charge in [0.05, 0.1) is 7.11 Å². The Morgan fingerprint density at radius 2 is 2.00 bits per heavy atom. The molecule has 0 spiro atoms. The Bertz CT molecular complexity index is 423. The van der Waals surface area contributed by atoms with Crippen LogP contribution in [0.25, 0.3) is 0 Å². The van der Waals surface area contributed by atoms with Crippen molar-refractivity contribution in [2.24, 2.45) is 11.1 Å². The summed E-state index contributed by atoms with van der Waals surface area (Å²) in [5, 5.41) is 0. The Kier molecular flexibility index (Phi) is 2.91. The standard InChI is InChI=1S/C13H19NO3/c1-13(2,3)12(14)8-5-9(15-4)11-10(6-8)16-7-17-11/h5-6,12H,7,14H2,1-4H3/t12-/m0/s1. The number of fused-ring (bicyclic) bond motifs is 1. The van der Waals surface area contributed by atoms with Crippen LogP contribution >= 0.6 is 0 Å². The molecule has 0 bridgehead atoms. The molecule has 0 saturated heterocycles. The zero-order valence-corrected chi connectivity index (χ0v) is 10.7. The van der Waals surface area contributed by atoms with Gasteiger partial charge in [-0.2, -0.15) is 0 Å². The molecule has 94 valence electrons. The highest BCUT2D eigenvalue weighted by atomic mass is 16.7. The van der Waals surface area contributed by atoms with Crippen molar-refractivity contribution < 1.29 is 14.2 Å². The van der Waals surface area contributed by atoms with E-state index < -0.39 is 0 Å². The second-order valence-electron chi connectivity index (χ2n) is 5.30. The molecule has 0 radical (unpaired) electrons. The first-order valence-electron chi connectivity index (χ1n) is 5.66. The minimum atomic E-state index is -0.0779. The number of hydrogen-bond donors (Lipinski definition) is 1. The van der Waals surface area contributed by atoms with Crippen LogP contribution in [0.15, 0.2) is 12.1 Å². The van der Waals surface area contributed by atoms with Crippen LogP contribution in [0.2, 0.25) is 0 Å². The molecule has 1 aromatic carbocycles. The van der Waals surface area contributed by atoms with Crippen LogP contribution < -0.4 is 19.9 Å². The molecule has 1 aromatic rings. The van der Waals surface area contributed by atoms with E-state index >= 15 is 0 Å². The molecule has 1 heterocycles. The highest BCUT2D eigenvalue weighted by Gasteiger charge is 2.27. The predicted octanol–water partition coefficient (Wildman–Crippen LogP) is 2.47. The van der Waals surface area contributed by atoms with Crippen molar-refractivity contribution >= 4 is 0 Å². The molecule has 1 atom stereocenters. The summed E-state index contributed by atoms with van der Waals surface area (Å²) in [5.41, 5.74) is 7.22. The van der Waals surface area contributed by atoms with E-state index in [2.05, 4.69) is 20.8 Å². The molecule has 0 aromatic heterocycles. The largest absolute Gasteiger partial charge is 0.493 e. The summed E-state index contributed by atoms with van der Waals surface area (Å²) in [6.07, 6.45) is 0. The van der Waals surface area contributed by atoms with Gasteiger partial charge in [-0.05, 0) is 23.1 Å². The monoisotopic (exact) mass is 237 g/mol. The van der Waals surface area contributed by atoms with Gasteiger partial charge in [0, 0.05) is 6.04 Å². The molecule has 0 fully saturated rings. The van der Waals surface area contributed by atoms with E-state index in [4.69, 9.17) is 19.9 Å². The van der Waals surface area contributed by atoms with Gasteiger partial charge in [-0.15, -0.1) is 0 Å². The van der Waals surface area contributed by atoms with Crippen LogP contribution in [0.4, 0.5) is 0 Å². The Labute approximate surface area is 102 Å². The zero-order valence-electron chi connectivity index (χ0n) is 10.7. The lowest BCUT2D eigenvalue weighted by Gasteiger charge is -2.27. The summed E-state index contributed by atoms with van der Waals surface area (Å²) in [6.45, 7) is 6.55. The van der Waals surface area contributed by atoms with Crippen molar-refractivity contribution in [2.45, 2.75) is 26.8 Å². The van der Waals surface area contributed by atoms with Gasteiger partial charge >= 0.3 is 0 Å². The Hall–Kier alpha value is -1.42. The fourth-order valence-electron chi connectivity index (χ4n) is 1.83. The number of rotatable bonds is 2. The average molecular weight is 237 g/mol. The Morgan fingerprint density at radius 1 is 1.29 bits per heavy atom. The molecule has 1 aliphatic rings. The first-order valence-corrected chi connectivity index (χ1v) is 5.66. The van der Waals surface area contributed by atoms with Crippen molar-refractivity contribution in [1.82, 2.24) is 0 Å². The van der Waals surface area contributed by atoms with E-state index in [-0.39, 0.29) is 18.2 Å². The molecule has 0 saturated carbocycles. The van der Waals surface area contributed by atoms with Crippen molar-refractivity contribution in [1.29, 1.82) is 0 Å². The van der Waals surface area contributed by atoms with E-state index in [1.54, 1.807) is 7.11 Å². The van der Waals surface area contributed by atoms with Crippen molar-refractivity contribution in [2.75, 3.05) is 13.9 Å². The van der Waals surface area contributed by atoms with Crippen LogP contribution in [0, 0.1) is 5.41 Å². The lowest BCUT2D eigenvalue weighted by Crippen LogP contribution is -2.26. The van der Waals surface area contributed by atoms with Gasteiger partial charge in [0.2, 0.25) is 12.5 Å². The topological polar surface area (TPSA) is 53.7 Å². The third kappa shape index (κ3) is 2.17. The first-order chi connectivity index (χ1) is 7.93. The molecule has 2 rings (SSSR count). The summed E-state index contributed by atoms with van der Waals surface area (Å²) in [6, 6.07) is 3.77. The third-order valence-corrected chi connectivity index (χ3v) is 2.97. The molecule has 17 heavy (non-hydrogen) atoms. The van der Waals surface area contributed by atoms with Crippen LogP contribution in [-0.4, -0.2) is 13.9 Å². The Balaban J connectivity index is 2.43. The second-order valence-corrected chi connectivity index (χ2v) is 5.30. The second kappa shape index (κ2) is 4.11. The average Bonchev–Trinajstić information content (AvgIpc) is 2.73. The fraction of sp³-hybridized carbons (Fsp3) is 0.538. The van der Waals surface area contributed by atoms with Gasteiger partial charge in [0.1, 0.15) is 0 Å². The maximum atomic E-state index is 6.24. The normalized spacial score (nSPS) is 15.8. The summed E-state index contributed by atoms with van der Waals surface area (Å²) in [4.78, 5) is 0. The summed E-state index contributed by atoms with van der Waals surface area (Å²) in [5.74, 6) is 2.05. The van der Waals surface area contributed by atoms with E-state index in [1.165, 1.54) is 0 Å². The lowest BCUT2D eigenvalue weighted by atomic mass is 9.83. The van der Waals surface area contributed by atoms with Crippen molar-refractivity contribution in [3.63, 3.8) is 0 Å². The maximum Gasteiger partial charge on any atom is 0.231 e. The van der Waals surface area contributed by atoms with Crippen LogP contribution in [-0.2, 0) is 0 Å². The highest BCUT2D eigenvalue weighted by Crippen LogP contribution is 2.44. The minimum Gasteiger partial charge on any atom is -0.493 e. The van der Waals surface area contributed by atoms with Crippen molar-refractivity contribution in [3.8, 4) is 17.2 Å². The number of methoxy groups -OCH3 is 1. The maximum absolute atomic E-state index is 6.24. The fourth-order valence-corrected chi connectivity index (χ4v) is 1.83. The van der Waals surface area contributed by atoms with Crippen LogP contribution in [0.1, 0.15) is 32.4 Å². The van der Waals surface area contributed by atoms with E-state index in [1.807, 2.05) is 12.1 Å². The van der Waals surface area contributed by atoms with Gasteiger partial charge in [-0.25, -0.2) is 0 Å². The lowest BCUT2D eigenvalue weighted by molar-refractivity contribution is 0.171. The third-order valence-electron chi connectivity index (χ3n) is 2.97. The van der Waals surface area contributed by atoms with Crippen molar-refractivity contribution in [3.05, 3.63) is 17.7 Å². The van der Waals surface area contributed by atoms with Gasteiger partial charge < -0.3 is 19.9 Å². The number of hydrogen-bond acceptors (Lipinski definition) is 4. The summed E-state index contributed by atoms with van der Waals surface area (Å²) in [7, 11) is 1.61. The molecular weight excluding hydrogens is 218 g/mol. The van der Waals surface area contributed by atoms with E-state index in [9.17, 15) is 0 Å². The van der Waals surface area contributed by atoms with E-state index in [0.29, 0.717) is 17.2 Å². The van der Waals surface area contributed by atoms with Crippen LogP contribution in [0.3, 0.4) is 0 Å². The molecule has 2 N–H and O–H groups in total. The quantitative estimate of drug-likeness (QED) is 0.858. The Morgan fingerprint density at radius 3 is 2.59 bits per heavy atom. The molecule has 0 unspecified atom stereocenters. The summed E-state index contributed by atoms with van der Waals surface area (Å²) < 4.78 is 16.0. The first kappa shape index (κ1) is 12.0. The zero-order chi connectivity index (χ0) is 12.6. The van der Waals surface area contributed by atoms with Crippen LogP contribution in [0.5, 0.6) is 17.2 Å². The van der Waals surface area contributed by atoms with Gasteiger partial charge in [0.25, 0.3) is 0 Å². The number of benzene rings is 1. The molecule has 4 nitrogen and oxygen atoms in total. The predicted molar refractivity (Wildman–Crippen MR) is 65.5 cm³/mol. The smallest absolute Gasteiger partial charge is 0.231 e. The molecular formula is C13H19NO3. The molecule has 1 aliphatic heterocycles. The summed E-state index contributed by atoms with van der Waals surface area (Å²) >= 11 is 0. The van der Waals surface area contributed by atoms with E-state index in [0.717, 1.165) is 5.56 Å². The minimum absolute atomic E-state index is 0.0152. The van der Waals surface area contributed by atoms with Gasteiger partial charge in [-0.3, -0.25) is 0 Å². The number of ether oxygens (including phenoxy) is 3. The van der Waals surface area contributed by atoms with Gasteiger partial charge in [0.15, 0.2) is 11.5 Å². The molecule has 4 heteroatoms. The van der Waals surface area contributed by atoms with Gasteiger partial charge in [-0.1, -0.05) is 20.8 Å². The SMILES string of the molecule is COc1cc([C@H](N)C(C)(C)C)cc2c1OCO2. The number of nitrogens with two attached hydrogens (primary N) is 1. The molecule has 0 aliphatic carbocycles.